The minimum atomic E-state index is -0.912. The van der Waals surface area contributed by atoms with Crippen LogP contribution in [0.25, 0.3) is 6.08 Å². The van der Waals surface area contributed by atoms with E-state index in [1.165, 1.54) is 24.3 Å². The molecule has 2 aromatic carbocycles. The molecule has 6 nitrogen and oxygen atoms in total. The lowest BCUT2D eigenvalue weighted by Gasteiger charge is -2.05. The SMILES string of the molecule is O=C(NCC=Cc1cccc([N+](=O)[O-])c1F)OCc1ccccc1. The summed E-state index contributed by atoms with van der Waals surface area (Å²) in [5, 5.41) is 13.1. The molecule has 0 aliphatic carbocycles. The van der Waals surface area contributed by atoms with Gasteiger partial charge in [0.15, 0.2) is 0 Å². The molecule has 1 amide bonds. The molecule has 0 saturated carbocycles. The maximum atomic E-state index is 13.8. The van der Waals surface area contributed by atoms with Crippen LogP contribution in [0.3, 0.4) is 0 Å². The van der Waals surface area contributed by atoms with E-state index in [0.29, 0.717) is 0 Å². The van der Waals surface area contributed by atoms with Crippen molar-refractivity contribution in [3.05, 3.63) is 81.7 Å². The number of hydrogen-bond donors (Lipinski definition) is 1. The molecule has 0 spiro atoms. The highest BCUT2D eigenvalue weighted by atomic mass is 19.1. The van der Waals surface area contributed by atoms with E-state index in [4.69, 9.17) is 4.74 Å². The summed E-state index contributed by atoms with van der Waals surface area (Å²) in [6.45, 7) is 0.256. The van der Waals surface area contributed by atoms with Crippen LogP contribution in [0.15, 0.2) is 54.6 Å². The Bertz CT molecular complexity index is 748. The Hall–Kier alpha value is -3.22. The van der Waals surface area contributed by atoms with Gasteiger partial charge in [-0.05, 0) is 5.56 Å². The van der Waals surface area contributed by atoms with Gasteiger partial charge in [-0.2, -0.15) is 4.39 Å². The van der Waals surface area contributed by atoms with Gasteiger partial charge in [-0.1, -0.05) is 54.6 Å². The van der Waals surface area contributed by atoms with Crippen molar-refractivity contribution in [3.8, 4) is 0 Å². The number of nitro groups is 1. The molecular weight excluding hydrogens is 315 g/mol. The molecule has 0 heterocycles. The van der Waals surface area contributed by atoms with Crippen LogP contribution in [0.1, 0.15) is 11.1 Å². The van der Waals surface area contributed by atoms with E-state index in [2.05, 4.69) is 5.32 Å². The summed E-state index contributed by atoms with van der Waals surface area (Å²) in [6.07, 6.45) is 2.23. The third kappa shape index (κ3) is 4.91. The topological polar surface area (TPSA) is 81.5 Å². The van der Waals surface area contributed by atoms with Gasteiger partial charge >= 0.3 is 11.8 Å². The Kier molecular flexibility index (Phi) is 6.01. The Morgan fingerprint density at radius 3 is 2.67 bits per heavy atom. The first-order valence-corrected chi connectivity index (χ1v) is 7.12. The Balaban J connectivity index is 1.81. The fraction of sp³-hybridized carbons (Fsp3) is 0.118. The van der Waals surface area contributed by atoms with Crippen LogP contribution in [-0.2, 0) is 11.3 Å². The quantitative estimate of drug-likeness (QED) is 0.647. The molecule has 0 bridgehead atoms. The average molecular weight is 330 g/mol. The Labute approximate surface area is 137 Å². The van der Waals surface area contributed by atoms with Crippen LogP contribution in [0.5, 0.6) is 0 Å². The number of alkyl carbamates (subject to hydrolysis) is 1. The van der Waals surface area contributed by atoms with E-state index in [1.54, 1.807) is 0 Å². The minimum Gasteiger partial charge on any atom is -0.445 e. The van der Waals surface area contributed by atoms with Gasteiger partial charge in [0.1, 0.15) is 6.61 Å². The van der Waals surface area contributed by atoms with Crippen LogP contribution >= 0.6 is 0 Å². The third-order valence-corrected chi connectivity index (χ3v) is 3.08. The summed E-state index contributed by atoms with van der Waals surface area (Å²) < 4.78 is 18.8. The van der Waals surface area contributed by atoms with Gasteiger partial charge in [0.2, 0.25) is 5.82 Å². The highest BCUT2D eigenvalue weighted by Gasteiger charge is 2.15. The summed E-state index contributed by atoms with van der Waals surface area (Å²) in [7, 11) is 0. The van der Waals surface area contributed by atoms with Crippen molar-refractivity contribution in [2.75, 3.05) is 6.54 Å². The number of ether oxygens (including phenoxy) is 1. The first kappa shape index (κ1) is 17.1. The number of benzene rings is 2. The van der Waals surface area contributed by atoms with Crippen LogP contribution < -0.4 is 5.32 Å². The maximum Gasteiger partial charge on any atom is 0.407 e. The highest BCUT2D eigenvalue weighted by molar-refractivity contribution is 5.67. The second kappa shape index (κ2) is 8.42. The average Bonchev–Trinajstić information content (AvgIpc) is 2.58. The molecule has 0 aliphatic rings. The number of rotatable bonds is 6. The number of halogens is 1. The normalized spacial score (nSPS) is 10.5. The number of nitrogens with zero attached hydrogens (tertiary/aromatic N) is 1. The molecule has 24 heavy (non-hydrogen) atoms. The van der Waals surface area contributed by atoms with Crippen molar-refractivity contribution in [2.24, 2.45) is 0 Å². The molecule has 1 N–H and O–H groups in total. The van der Waals surface area contributed by atoms with Gasteiger partial charge in [0.25, 0.3) is 0 Å². The standard InChI is InChI=1S/C17H15FN2O4/c18-16-14(8-4-10-15(16)20(22)23)9-5-11-19-17(21)24-12-13-6-2-1-3-7-13/h1-10H,11-12H2,(H,19,21). The Morgan fingerprint density at radius 2 is 1.96 bits per heavy atom. The van der Waals surface area contributed by atoms with Crippen molar-refractivity contribution < 1.29 is 18.8 Å². The van der Waals surface area contributed by atoms with Crippen molar-refractivity contribution >= 4 is 17.9 Å². The predicted molar refractivity (Wildman–Crippen MR) is 86.7 cm³/mol. The monoisotopic (exact) mass is 330 g/mol. The van der Waals surface area contributed by atoms with Gasteiger partial charge in [-0.15, -0.1) is 0 Å². The number of nitro benzene ring substituents is 1. The zero-order valence-electron chi connectivity index (χ0n) is 12.6. The molecule has 0 aromatic heterocycles. The lowest BCUT2D eigenvalue weighted by molar-refractivity contribution is -0.387. The molecule has 0 fully saturated rings. The zero-order chi connectivity index (χ0) is 17.4. The van der Waals surface area contributed by atoms with Crippen molar-refractivity contribution in [1.82, 2.24) is 5.32 Å². The molecule has 0 unspecified atom stereocenters. The molecule has 124 valence electrons. The van der Waals surface area contributed by atoms with Crippen molar-refractivity contribution in [3.63, 3.8) is 0 Å². The van der Waals surface area contributed by atoms with Gasteiger partial charge < -0.3 is 10.1 Å². The van der Waals surface area contributed by atoms with Gasteiger partial charge in [-0.3, -0.25) is 10.1 Å². The molecule has 0 saturated heterocycles. The molecule has 0 radical (unpaired) electrons. The summed E-state index contributed by atoms with van der Waals surface area (Å²) in [5.74, 6) is -0.912. The van der Waals surface area contributed by atoms with Crippen molar-refractivity contribution in [2.45, 2.75) is 6.61 Å². The van der Waals surface area contributed by atoms with E-state index in [-0.39, 0.29) is 18.7 Å². The van der Waals surface area contributed by atoms with Crippen LogP contribution in [0.4, 0.5) is 14.9 Å². The van der Waals surface area contributed by atoms with E-state index < -0.39 is 22.5 Å². The summed E-state index contributed by atoms with van der Waals surface area (Å²) in [6, 6.07) is 13.1. The zero-order valence-corrected chi connectivity index (χ0v) is 12.6. The highest BCUT2D eigenvalue weighted by Crippen LogP contribution is 2.20. The molecule has 0 atom stereocenters. The van der Waals surface area contributed by atoms with Gasteiger partial charge in [-0.25, -0.2) is 4.79 Å². The van der Waals surface area contributed by atoms with Crippen molar-refractivity contribution in [1.29, 1.82) is 0 Å². The van der Waals surface area contributed by atoms with E-state index in [9.17, 15) is 19.3 Å². The van der Waals surface area contributed by atoms with E-state index >= 15 is 0 Å². The fourth-order valence-corrected chi connectivity index (χ4v) is 1.91. The fourth-order valence-electron chi connectivity index (χ4n) is 1.91. The van der Waals surface area contributed by atoms with E-state index in [0.717, 1.165) is 11.6 Å². The number of amides is 1. The second-order valence-corrected chi connectivity index (χ2v) is 4.78. The predicted octanol–water partition coefficient (Wildman–Crippen LogP) is 3.67. The first-order chi connectivity index (χ1) is 11.6. The lowest BCUT2D eigenvalue weighted by Crippen LogP contribution is -2.24. The van der Waals surface area contributed by atoms with Gasteiger partial charge in [0.05, 0.1) is 4.92 Å². The molecular formula is C17H15FN2O4. The maximum absolute atomic E-state index is 13.8. The van der Waals surface area contributed by atoms with E-state index in [1.807, 2.05) is 30.3 Å². The first-order valence-electron chi connectivity index (χ1n) is 7.12. The van der Waals surface area contributed by atoms with Crippen LogP contribution in [-0.4, -0.2) is 17.6 Å². The number of nitrogens with one attached hydrogen (secondary N) is 1. The summed E-state index contributed by atoms with van der Waals surface area (Å²) in [4.78, 5) is 21.4. The van der Waals surface area contributed by atoms with Crippen LogP contribution in [0, 0.1) is 15.9 Å². The smallest absolute Gasteiger partial charge is 0.407 e. The second-order valence-electron chi connectivity index (χ2n) is 4.78. The molecule has 7 heteroatoms. The molecule has 0 aliphatic heterocycles. The Morgan fingerprint density at radius 1 is 1.21 bits per heavy atom. The largest absolute Gasteiger partial charge is 0.445 e. The molecule has 2 rings (SSSR count). The van der Waals surface area contributed by atoms with Crippen LogP contribution in [0.2, 0.25) is 0 Å². The number of hydrogen-bond acceptors (Lipinski definition) is 4. The number of carbonyl (C=O) groups is 1. The summed E-state index contributed by atoms with van der Waals surface area (Å²) in [5.41, 5.74) is 0.345. The number of carbonyl (C=O) groups excluding carboxylic acids is 1. The molecule has 2 aromatic rings. The van der Waals surface area contributed by atoms with Gasteiger partial charge in [0, 0.05) is 18.2 Å². The summed E-state index contributed by atoms with van der Waals surface area (Å²) >= 11 is 0. The minimum absolute atomic E-state index is 0.0728. The lowest BCUT2D eigenvalue weighted by atomic mass is 10.1. The third-order valence-electron chi connectivity index (χ3n) is 3.08.